The Kier molecular flexibility index (Phi) is 8.83. The van der Waals surface area contributed by atoms with Gasteiger partial charge in [0.25, 0.3) is 11.1 Å². The summed E-state index contributed by atoms with van der Waals surface area (Å²) in [5.74, 6) is -3.57. The van der Waals surface area contributed by atoms with Gasteiger partial charge in [-0.2, -0.15) is 9.61 Å². The molecule has 6 rings (SSSR count). The monoisotopic (exact) mass is 692 g/mol. The zero-order chi connectivity index (χ0) is 33.4. The Balaban J connectivity index is 0.000000181. The zero-order valence-electron chi connectivity index (χ0n) is 23.2. The first-order valence-corrected chi connectivity index (χ1v) is 13.7. The predicted octanol–water partition coefficient (Wildman–Crippen LogP) is 4.90. The first kappa shape index (κ1) is 32.2. The second-order valence-corrected chi connectivity index (χ2v) is 10.2. The summed E-state index contributed by atoms with van der Waals surface area (Å²) in [4.78, 5) is 54.5. The highest BCUT2D eigenvalue weighted by Crippen LogP contribution is 2.34. The first-order chi connectivity index (χ1) is 21.9. The van der Waals surface area contributed by atoms with Crippen LogP contribution in [-0.4, -0.2) is 60.5 Å². The third kappa shape index (κ3) is 5.44. The van der Waals surface area contributed by atoms with Crippen molar-refractivity contribution < 1.29 is 33.0 Å². The van der Waals surface area contributed by atoms with Gasteiger partial charge in [0, 0.05) is 17.3 Å². The minimum Gasteiger partial charge on any atom is -0.493 e. The van der Waals surface area contributed by atoms with Gasteiger partial charge in [-0.1, -0.05) is 46.9 Å². The highest BCUT2D eigenvalue weighted by molar-refractivity contribution is 6.36. The number of carbonyl (C=O) groups is 2. The molecule has 0 unspecified atom stereocenters. The zero-order valence-corrected chi connectivity index (χ0v) is 25.5. The fourth-order valence-electron chi connectivity index (χ4n) is 4.42. The summed E-state index contributed by atoms with van der Waals surface area (Å²) in [6.45, 7) is 0. The average molecular weight is 694 g/mol. The lowest BCUT2D eigenvalue weighted by Gasteiger charge is -2.08. The molecule has 0 amide bonds. The van der Waals surface area contributed by atoms with Crippen molar-refractivity contribution in [2.24, 2.45) is 0 Å². The highest BCUT2D eigenvalue weighted by atomic mass is 35.5. The number of H-pyrrole nitrogens is 2. The van der Waals surface area contributed by atoms with Gasteiger partial charge >= 0.3 is 11.9 Å². The number of hydrogen-bond donors (Lipinski definition) is 3. The molecule has 0 spiro atoms. The number of aromatic hydroxyl groups is 1. The fraction of sp³-hybridized carbons (Fsp3) is 0.0714. The van der Waals surface area contributed by atoms with E-state index >= 15 is 0 Å². The van der Waals surface area contributed by atoms with Crippen LogP contribution in [0.4, 0.5) is 8.78 Å². The number of methoxy groups -OCH3 is 2. The molecule has 0 aliphatic heterocycles. The van der Waals surface area contributed by atoms with Crippen LogP contribution < -0.4 is 11.1 Å². The summed E-state index contributed by atoms with van der Waals surface area (Å²) in [6, 6.07) is 7.84. The third-order valence-corrected chi connectivity index (χ3v) is 7.41. The van der Waals surface area contributed by atoms with Crippen molar-refractivity contribution in [1.82, 2.24) is 29.2 Å². The Labute approximate surface area is 269 Å². The molecular weight excluding hydrogens is 677 g/mol. The van der Waals surface area contributed by atoms with E-state index in [0.29, 0.717) is 0 Å². The fourth-order valence-corrected chi connectivity index (χ4v) is 5.19. The molecule has 4 aromatic heterocycles. The van der Waals surface area contributed by atoms with E-state index in [1.807, 2.05) is 0 Å². The largest absolute Gasteiger partial charge is 0.493 e. The van der Waals surface area contributed by atoms with E-state index in [4.69, 9.17) is 34.8 Å². The molecule has 0 fully saturated rings. The molecule has 0 saturated heterocycles. The van der Waals surface area contributed by atoms with Gasteiger partial charge in [-0.15, -0.1) is 0 Å². The van der Waals surface area contributed by atoms with Gasteiger partial charge in [0.05, 0.1) is 36.0 Å². The molecule has 236 valence electrons. The smallest absolute Gasteiger partial charge is 0.343 e. The van der Waals surface area contributed by atoms with Gasteiger partial charge in [-0.3, -0.25) is 14.7 Å². The van der Waals surface area contributed by atoms with Crippen molar-refractivity contribution in [3.63, 3.8) is 0 Å². The maximum absolute atomic E-state index is 14.1. The molecule has 13 nitrogen and oxygen atoms in total. The standard InChI is InChI=1S/C14H8Cl2FN3O3.C14H9ClFN3O4/c1-23-14(22)6-5-18-20-12(6)19-11(16)10(13(20)21)9-7(15)3-2-4-8(9)17;1-23-14(22)6-5-17-19-11(6)18-12(20)10(13(19)21)9-7(15)3-2-4-8(9)16/h2-5,18H,1H3;2-5,21H,1H3,(H,18,20). The van der Waals surface area contributed by atoms with Crippen LogP contribution in [0, 0.1) is 11.6 Å². The van der Waals surface area contributed by atoms with Gasteiger partial charge in [-0.25, -0.2) is 27.9 Å². The second-order valence-electron chi connectivity index (χ2n) is 9.08. The number of esters is 2. The summed E-state index contributed by atoms with van der Waals surface area (Å²) < 4.78 is 39.1. The van der Waals surface area contributed by atoms with E-state index in [1.54, 1.807) is 0 Å². The number of ether oxygens (including phenoxy) is 2. The number of rotatable bonds is 4. The molecule has 0 aliphatic carbocycles. The van der Waals surface area contributed by atoms with E-state index in [0.717, 1.165) is 34.5 Å². The Morgan fingerprint density at radius 3 is 2.00 bits per heavy atom. The lowest BCUT2D eigenvalue weighted by molar-refractivity contribution is 0.0593. The number of nitrogens with zero attached hydrogens (tertiary/aromatic N) is 4. The summed E-state index contributed by atoms with van der Waals surface area (Å²) in [6.07, 6.45) is 2.36. The minimum atomic E-state index is -0.826. The van der Waals surface area contributed by atoms with Crippen LogP contribution >= 0.6 is 34.8 Å². The quantitative estimate of drug-likeness (QED) is 0.172. The first-order valence-electron chi connectivity index (χ1n) is 12.6. The van der Waals surface area contributed by atoms with Gasteiger partial charge < -0.3 is 19.6 Å². The lowest BCUT2D eigenvalue weighted by atomic mass is 10.1. The Bertz CT molecular complexity index is 2210. The van der Waals surface area contributed by atoms with E-state index in [-0.39, 0.29) is 59.9 Å². The number of aromatic amines is 2. The molecular formula is C28H17Cl3F2N6O7. The topological polar surface area (TPSA) is 173 Å². The van der Waals surface area contributed by atoms with Crippen molar-refractivity contribution in [2.75, 3.05) is 14.2 Å². The number of benzene rings is 2. The number of aromatic nitrogens is 6. The number of hydrogen-bond acceptors (Lipinski definition) is 9. The predicted molar refractivity (Wildman–Crippen MR) is 162 cm³/mol. The maximum atomic E-state index is 14.1. The lowest BCUT2D eigenvalue weighted by Crippen LogP contribution is -2.19. The minimum absolute atomic E-state index is 0.0190. The molecule has 3 N–H and O–H groups in total. The van der Waals surface area contributed by atoms with Gasteiger partial charge in [0.2, 0.25) is 5.88 Å². The molecule has 6 aromatic rings. The van der Waals surface area contributed by atoms with Gasteiger partial charge in [-0.05, 0) is 24.3 Å². The molecule has 0 aliphatic rings. The molecule has 46 heavy (non-hydrogen) atoms. The van der Waals surface area contributed by atoms with Crippen LogP contribution in [0.5, 0.6) is 5.88 Å². The SMILES string of the molecule is COC(=O)c1c[nH]n2c(=O)c(-c3c(F)cccc3Cl)c(Cl)nc12.COC(=O)c1cnn2c(O)c(-c3c(F)cccc3Cl)c(=O)[nH]c12. The number of fused-ring (bicyclic) bond motifs is 2. The van der Waals surface area contributed by atoms with Crippen LogP contribution in [-0.2, 0) is 9.47 Å². The van der Waals surface area contributed by atoms with E-state index in [2.05, 4.69) is 29.6 Å². The number of carbonyl (C=O) groups excluding carboxylic acids is 2. The number of nitrogens with one attached hydrogen (secondary N) is 2. The Morgan fingerprint density at radius 2 is 1.43 bits per heavy atom. The average Bonchev–Trinajstić information content (AvgIpc) is 3.64. The summed E-state index contributed by atoms with van der Waals surface area (Å²) in [5.41, 5.74) is -2.65. The number of halogens is 5. The van der Waals surface area contributed by atoms with Crippen molar-refractivity contribution in [1.29, 1.82) is 0 Å². The molecule has 0 radical (unpaired) electrons. The van der Waals surface area contributed by atoms with Crippen molar-refractivity contribution in [3.8, 4) is 28.1 Å². The van der Waals surface area contributed by atoms with Gasteiger partial charge in [0.15, 0.2) is 11.3 Å². The summed E-state index contributed by atoms with van der Waals surface area (Å²) >= 11 is 18.0. The van der Waals surface area contributed by atoms with E-state index in [9.17, 15) is 33.1 Å². The van der Waals surface area contributed by atoms with E-state index in [1.165, 1.54) is 37.6 Å². The van der Waals surface area contributed by atoms with E-state index < -0.39 is 40.6 Å². The molecule has 2 aromatic carbocycles. The van der Waals surface area contributed by atoms with Crippen molar-refractivity contribution in [3.05, 3.63) is 107 Å². The van der Waals surface area contributed by atoms with Crippen LogP contribution in [0.3, 0.4) is 0 Å². The van der Waals surface area contributed by atoms with Crippen LogP contribution in [0.1, 0.15) is 20.7 Å². The molecule has 0 atom stereocenters. The normalized spacial score (nSPS) is 10.9. The summed E-state index contributed by atoms with van der Waals surface area (Å²) in [5, 5.41) is 16.4. The molecule has 4 heterocycles. The summed E-state index contributed by atoms with van der Waals surface area (Å²) in [7, 11) is 2.36. The Hall–Kier alpha value is -5.25. The Morgan fingerprint density at radius 1 is 0.870 bits per heavy atom. The highest BCUT2D eigenvalue weighted by Gasteiger charge is 2.25. The second kappa shape index (κ2) is 12.6. The van der Waals surface area contributed by atoms with Crippen LogP contribution in [0.25, 0.3) is 33.5 Å². The third-order valence-electron chi connectivity index (χ3n) is 6.51. The molecule has 18 heteroatoms. The van der Waals surface area contributed by atoms with Crippen LogP contribution in [0.2, 0.25) is 15.2 Å². The van der Waals surface area contributed by atoms with Crippen molar-refractivity contribution >= 4 is 58.0 Å². The van der Waals surface area contributed by atoms with Gasteiger partial charge in [0.1, 0.15) is 33.5 Å². The molecule has 0 saturated carbocycles. The van der Waals surface area contributed by atoms with Crippen molar-refractivity contribution in [2.45, 2.75) is 0 Å². The van der Waals surface area contributed by atoms with Crippen LogP contribution in [0.15, 0.2) is 58.4 Å². The maximum Gasteiger partial charge on any atom is 0.343 e. The molecule has 0 bridgehead atoms.